The van der Waals surface area contributed by atoms with Crippen LogP contribution < -0.4 is 16.0 Å². The van der Waals surface area contributed by atoms with Gasteiger partial charge in [0.25, 0.3) is 5.91 Å². The fourth-order valence-electron chi connectivity index (χ4n) is 3.09. The number of amides is 1. The number of benzene rings is 2. The number of anilines is 1. The maximum atomic E-state index is 13.6. The van der Waals surface area contributed by atoms with Gasteiger partial charge in [-0.2, -0.15) is 18.3 Å². The van der Waals surface area contributed by atoms with Crippen molar-refractivity contribution in [2.24, 2.45) is 5.10 Å². The first-order valence-corrected chi connectivity index (χ1v) is 9.58. The third-order valence-corrected chi connectivity index (χ3v) is 4.68. The molecule has 0 saturated heterocycles. The summed E-state index contributed by atoms with van der Waals surface area (Å²) in [6.07, 6.45) is -4.99. The first kappa shape index (κ1) is 22.1. The average Bonchev–Trinajstić information content (AvgIpc) is 2.74. The summed E-state index contributed by atoms with van der Waals surface area (Å²) in [5.74, 6) is -0.837. The molecule has 0 fully saturated rings. The van der Waals surface area contributed by atoms with E-state index in [1.165, 1.54) is 12.1 Å². The van der Waals surface area contributed by atoms with Crippen molar-refractivity contribution in [3.63, 3.8) is 0 Å². The van der Waals surface area contributed by atoms with E-state index in [9.17, 15) is 22.8 Å². The molecule has 0 spiro atoms. The van der Waals surface area contributed by atoms with Crippen molar-refractivity contribution in [1.29, 1.82) is 0 Å². The van der Waals surface area contributed by atoms with E-state index < -0.39 is 29.0 Å². The molecule has 0 aliphatic carbocycles. The molecule has 6 nitrogen and oxygen atoms in total. The van der Waals surface area contributed by atoms with Crippen LogP contribution in [0.4, 0.5) is 18.9 Å². The van der Waals surface area contributed by atoms with Crippen LogP contribution in [0.1, 0.15) is 29.8 Å². The van der Waals surface area contributed by atoms with Crippen molar-refractivity contribution in [3.05, 3.63) is 76.1 Å². The van der Waals surface area contributed by atoms with Gasteiger partial charge in [0.15, 0.2) is 5.71 Å². The molecule has 162 valence electrons. The van der Waals surface area contributed by atoms with Gasteiger partial charge in [-0.3, -0.25) is 4.79 Å². The van der Waals surface area contributed by atoms with Crippen LogP contribution >= 0.6 is 0 Å². The van der Waals surface area contributed by atoms with Crippen molar-refractivity contribution >= 4 is 28.3 Å². The van der Waals surface area contributed by atoms with Gasteiger partial charge in [-0.25, -0.2) is 10.2 Å². The van der Waals surface area contributed by atoms with Crippen LogP contribution in [0, 0.1) is 0 Å². The molecule has 31 heavy (non-hydrogen) atoms. The third kappa shape index (κ3) is 4.93. The van der Waals surface area contributed by atoms with Crippen LogP contribution in [0.3, 0.4) is 0 Å². The molecule has 0 radical (unpaired) electrons. The van der Waals surface area contributed by atoms with Crippen molar-refractivity contribution < 1.29 is 22.4 Å². The number of nitrogens with zero attached hydrogens (tertiary/aromatic N) is 2. The van der Waals surface area contributed by atoms with E-state index in [4.69, 9.17) is 4.42 Å². The SMILES string of the molecule is CCN(CC)c1ccc2cc(/C(=N/NC(=O)c3ccccc3)C(F)(F)F)c(=O)oc2c1. The van der Waals surface area contributed by atoms with Gasteiger partial charge in [0.2, 0.25) is 0 Å². The molecule has 9 heteroatoms. The molecule has 0 unspecified atom stereocenters. The second-order valence-corrected chi connectivity index (χ2v) is 6.61. The molecule has 3 aromatic rings. The monoisotopic (exact) mass is 431 g/mol. The molecule has 2 aromatic carbocycles. The fraction of sp³-hybridized carbons (Fsp3) is 0.227. The number of rotatable bonds is 6. The summed E-state index contributed by atoms with van der Waals surface area (Å²) >= 11 is 0. The van der Waals surface area contributed by atoms with Crippen LogP contribution in [-0.2, 0) is 0 Å². The highest BCUT2D eigenvalue weighted by Crippen LogP contribution is 2.25. The van der Waals surface area contributed by atoms with E-state index in [-0.39, 0.29) is 11.1 Å². The van der Waals surface area contributed by atoms with Crippen LogP contribution in [0.15, 0.2) is 68.9 Å². The number of hydrogen-bond acceptors (Lipinski definition) is 5. The van der Waals surface area contributed by atoms with E-state index in [0.717, 1.165) is 24.8 Å². The van der Waals surface area contributed by atoms with Gasteiger partial charge in [0, 0.05) is 35.8 Å². The maximum absolute atomic E-state index is 13.6. The number of hydrazone groups is 1. The molecule has 3 rings (SSSR count). The number of carbonyl (C=O) groups is 1. The Balaban J connectivity index is 2.02. The van der Waals surface area contributed by atoms with E-state index in [1.807, 2.05) is 24.2 Å². The second kappa shape index (κ2) is 9.03. The van der Waals surface area contributed by atoms with E-state index in [0.29, 0.717) is 5.39 Å². The molecule has 1 N–H and O–H groups in total. The molecule has 0 aliphatic rings. The molecule has 0 saturated carbocycles. The largest absolute Gasteiger partial charge is 0.435 e. The van der Waals surface area contributed by atoms with Gasteiger partial charge < -0.3 is 9.32 Å². The predicted molar refractivity (Wildman–Crippen MR) is 113 cm³/mol. The van der Waals surface area contributed by atoms with Crippen molar-refractivity contribution in [2.75, 3.05) is 18.0 Å². The standard InChI is InChI=1S/C22H20F3N3O3/c1-3-28(4-2)16-11-10-15-12-17(21(30)31-18(15)13-16)19(22(23,24)25)26-27-20(29)14-8-6-5-7-9-14/h5-13H,3-4H2,1-2H3,(H,27,29)/b26-19-. The van der Waals surface area contributed by atoms with Gasteiger partial charge in [0.1, 0.15) is 5.58 Å². The Kier molecular flexibility index (Phi) is 6.43. The first-order valence-electron chi connectivity index (χ1n) is 9.58. The van der Waals surface area contributed by atoms with Gasteiger partial charge in [-0.15, -0.1) is 0 Å². The van der Waals surface area contributed by atoms with Crippen LogP contribution in [0.25, 0.3) is 11.0 Å². The Bertz CT molecular complexity index is 1170. The fourth-order valence-corrected chi connectivity index (χ4v) is 3.09. The molecule has 1 amide bonds. The minimum atomic E-state index is -4.99. The van der Waals surface area contributed by atoms with E-state index in [2.05, 4.69) is 5.10 Å². The summed E-state index contributed by atoms with van der Waals surface area (Å²) in [5.41, 5.74) is -0.596. The molecule has 0 atom stereocenters. The second-order valence-electron chi connectivity index (χ2n) is 6.61. The Hall–Kier alpha value is -3.62. The molecular weight excluding hydrogens is 411 g/mol. The summed E-state index contributed by atoms with van der Waals surface area (Å²) in [5, 5.41) is 3.51. The average molecular weight is 431 g/mol. The minimum absolute atomic E-state index is 0.127. The molecule has 1 heterocycles. The van der Waals surface area contributed by atoms with Crippen LogP contribution in [0.5, 0.6) is 0 Å². The smallest absolute Gasteiger partial charge is 0.422 e. The lowest BCUT2D eigenvalue weighted by molar-refractivity contribution is -0.0585. The number of alkyl halides is 3. The quantitative estimate of drug-likeness (QED) is 0.358. The van der Waals surface area contributed by atoms with Crippen molar-refractivity contribution in [3.8, 4) is 0 Å². The van der Waals surface area contributed by atoms with E-state index >= 15 is 0 Å². The Morgan fingerprint density at radius 1 is 1.06 bits per heavy atom. The molecule has 1 aromatic heterocycles. The van der Waals surface area contributed by atoms with Crippen molar-refractivity contribution in [1.82, 2.24) is 5.43 Å². The summed E-state index contributed by atoms with van der Waals surface area (Å²) in [4.78, 5) is 26.5. The van der Waals surface area contributed by atoms with Gasteiger partial charge in [-0.05, 0) is 44.2 Å². The lowest BCUT2D eigenvalue weighted by Gasteiger charge is -2.21. The first-order chi connectivity index (χ1) is 14.7. The Morgan fingerprint density at radius 3 is 2.35 bits per heavy atom. The van der Waals surface area contributed by atoms with Gasteiger partial charge in [-0.1, -0.05) is 18.2 Å². The number of halogens is 3. The zero-order chi connectivity index (χ0) is 22.6. The topological polar surface area (TPSA) is 74.9 Å². The summed E-state index contributed by atoms with van der Waals surface area (Å²) in [7, 11) is 0. The summed E-state index contributed by atoms with van der Waals surface area (Å²) < 4.78 is 46.1. The van der Waals surface area contributed by atoms with Gasteiger partial charge >= 0.3 is 11.8 Å². The molecule has 0 aliphatic heterocycles. The molecular formula is C22H20F3N3O3. The lowest BCUT2D eigenvalue weighted by atomic mass is 10.1. The van der Waals surface area contributed by atoms with E-state index in [1.54, 1.807) is 36.4 Å². The zero-order valence-electron chi connectivity index (χ0n) is 16.9. The Morgan fingerprint density at radius 2 is 1.74 bits per heavy atom. The van der Waals surface area contributed by atoms with Crippen LogP contribution in [-0.4, -0.2) is 30.9 Å². The Labute approximate surface area is 176 Å². The normalized spacial score (nSPS) is 12.1. The highest BCUT2D eigenvalue weighted by atomic mass is 19.4. The maximum Gasteiger partial charge on any atom is 0.435 e. The van der Waals surface area contributed by atoms with Crippen LogP contribution in [0.2, 0.25) is 0 Å². The van der Waals surface area contributed by atoms with Gasteiger partial charge in [0.05, 0.1) is 5.56 Å². The predicted octanol–water partition coefficient (Wildman–Crippen LogP) is 4.34. The number of nitrogens with one attached hydrogen (secondary N) is 1. The number of carbonyl (C=O) groups excluding carboxylic acids is 1. The number of hydrogen-bond donors (Lipinski definition) is 1. The number of fused-ring (bicyclic) bond motifs is 1. The summed E-state index contributed by atoms with van der Waals surface area (Å²) in [6.45, 7) is 5.36. The zero-order valence-corrected chi connectivity index (χ0v) is 16.9. The highest BCUT2D eigenvalue weighted by molar-refractivity contribution is 6.06. The molecule has 0 bridgehead atoms. The lowest BCUT2D eigenvalue weighted by Crippen LogP contribution is -2.32. The minimum Gasteiger partial charge on any atom is -0.422 e. The highest BCUT2D eigenvalue weighted by Gasteiger charge is 2.39. The summed E-state index contributed by atoms with van der Waals surface area (Å²) in [6, 6.07) is 13.6. The van der Waals surface area contributed by atoms with Crippen molar-refractivity contribution in [2.45, 2.75) is 20.0 Å². The third-order valence-electron chi connectivity index (χ3n) is 4.68.